The Morgan fingerprint density at radius 1 is 1.12 bits per heavy atom. The van der Waals surface area contributed by atoms with Crippen molar-refractivity contribution in [2.24, 2.45) is 5.10 Å². The fourth-order valence-electron chi connectivity index (χ4n) is 3.29. The molecule has 1 aliphatic heterocycles. The molecule has 1 N–H and O–H groups in total. The summed E-state index contributed by atoms with van der Waals surface area (Å²) in [5.41, 5.74) is 3.19. The van der Waals surface area contributed by atoms with Crippen molar-refractivity contribution in [1.82, 2.24) is 10.3 Å². The molecule has 3 rings (SSSR count). The molecule has 0 radical (unpaired) electrons. The molecule has 7 nitrogen and oxygen atoms in total. The summed E-state index contributed by atoms with van der Waals surface area (Å²) in [4.78, 5) is 23.4. The second-order valence-electron chi connectivity index (χ2n) is 7.89. The highest BCUT2D eigenvalue weighted by atomic mass is 32.2. The number of ether oxygens (including phenoxy) is 2. The van der Waals surface area contributed by atoms with Crippen LogP contribution in [0.4, 0.5) is 0 Å². The number of carbonyl (C=O) groups excluding carboxylic acids is 2. The van der Waals surface area contributed by atoms with Crippen LogP contribution in [0, 0.1) is 6.92 Å². The van der Waals surface area contributed by atoms with E-state index in [0.717, 1.165) is 16.9 Å². The molecule has 1 unspecified atom stereocenters. The summed E-state index contributed by atoms with van der Waals surface area (Å²) in [7, 11) is 0. The Morgan fingerprint density at radius 3 is 2.56 bits per heavy atom. The van der Waals surface area contributed by atoms with E-state index in [0.29, 0.717) is 30.0 Å². The molecule has 0 spiro atoms. The number of hydrogen-bond donors (Lipinski definition) is 1. The van der Waals surface area contributed by atoms with Gasteiger partial charge in [-0.05, 0) is 47.7 Å². The summed E-state index contributed by atoms with van der Waals surface area (Å²) in [6.07, 6.45) is 0. The SMILES string of the molecule is CC(=O)NC1=NN(C(C)=O)C(c2cccc(OCCOc3cc(C)ccc3C(C)C)c2)S1. The Hall–Kier alpha value is -3.00. The Balaban J connectivity index is 1.62. The van der Waals surface area contributed by atoms with Crippen molar-refractivity contribution in [3.63, 3.8) is 0 Å². The number of hydrazone groups is 1. The Labute approximate surface area is 193 Å². The van der Waals surface area contributed by atoms with E-state index in [1.807, 2.05) is 31.2 Å². The molecular formula is C24H29N3O4S. The fourth-order valence-corrected chi connectivity index (χ4v) is 4.42. The van der Waals surface area contributed by atoms with Crippen LogP contribution in [0.25, 0.3) is 0 Å². The van der Waals surface area contributed by atoms with Crippen LogP contribution in [0.15, 0.2) is 47.6 Å². The van der Waals surface area contributed by atoms with Gasteiger partial charge >= 0.3 is 0 Å². The summed E-state index contributed by atoms with van der Waals surface area (Å²) < 4.78 is 11.9. The minimum Gasteiger partial charge on any atom is -0.490 e. The third-order valence-corrected chi connectivity index (χ3v) is 5.90. The standard InChI is InChI=1S/C24H29N3O4S/c1-15(2)21-10-9-16(3)13-22(21)31-12-11-30-20-8-6-7-19(14-20)23-27(18(5)29)26-24(32-23)25-17(4)28/h6-10,13-15,23H,11-12H2,1-5H3,(H,25,26,28). The number of thioether (sulfide) groups is 1. The van der Waals surface area contributed by atoms with Crippen molar-refractivity contribution in [3.8, 4) is 11.5 Å². The summed E-state index contributed by atoms with van der Waals surface area (Å²) >= 11 is 1.31. The highest BCUT2D eigenvalue weighted by molar-refractivity contribution is 8.14. The van der Waals surface area contributed by atoms with Crippen LogP contribution in [0.1, 0.15) is 55.7 Å². The average molecular weight is 456 g/mol. The van der Waals surface area contributed by atoms with E-state index in [1.54, 1.807) is 0 Å². The van der Waals surface area contributed by atoms with Crippen LogP contribution >= 0.6 is 11.8 Å². The van der Waals surface area contributed by atoms with E-state index in [-0.39, 0.29) is 17.2 Å². The van der Waals surface area contributed by atoms with Crippen molar-refractivity contribution in [2.75, 3.05) is 13.2 Å². The smallest absolute Gasteiger partial charge is 0.241 e. The van der Waals surface area contributed by atoms with Gasteiger partial charge in [0, 0.05) is 13.8 Å². The number of amides is 2. The molecular weight excluding hydrogens is 426 g/mol. The van der Waals surface area contributed by atoms with Gasteiger partial charge in [0.2, 0.25) is 11.8 Å². The molecule has 8 heteroatoms. The zero-order valence-corrected chi connectivity index (χ0v) is 19.9. The third kappa shape index (κ3) is 6.03. The second kappa shape index (κ2) is 10.5. The quantitative estimate of drug-likeness (QED) is 0.618. The molecule has 0 aromatic heterocycles. The summed E-state index contributed by atoms with van der Waals surface area (Å²) in [6.45, 7) is 10.00. The van der Waals surface area contributed by atoms with E-state index in [9.17, 15) is 9.59 Å². The molecule has 1 atom stereocenters. The number of aryl methyl sites for hydroxylation is 1. The Morgan fingerprint density at radius 2 is 1.88 bits per heavy atom. The molecule has 170 valence electrons. The van der Waals surface area contributed by atoms with Crippen molar-refractivity contribution in [1.29, 1.82) is 0 Å². The predicted octanol–water partition coefficient (Wildman–Crippen LogP) is 4.58. The Kier molecular flexibility index (Phi) is 7.80. The minimum absolute atomic E-state index is 0.207. The van der Waals surface area contributed by atoms with Crippen molar-refractivity contribution >= 4 is 28.7 Å². The first kappa shape index (κ1) is 23.7. The number of nitrogens with one attached hydrogen (secondary N) is 1. The van der Waals surface area contributed by atoms with E-state index in [2.05, 4.69) is 42.5 Å². The molecule has 2 aromatic rings. The molecule has 32 heavy (non-hydrogen) atoms. The van der Waals surface area contributed by atoms with Crippen molar-refractivity contribution in [2.45, 2.75) is 45.9 Å². The maximum absolute atomic E-state index is 12.0. The molecule has 0 fully saturated rings. The molecule has 2 amide bonds. The fraction of sp³-hybridized carbons (Fsp3) is 0.375. The maximum Gasteiger partial charge on any atom is 0.241 e. The van der Waals surface area contributed by atoms with Crippen LogP contribution in [-0.4, -0.2) is 35.2 Å². The van der Waals surface area contributed by atoms with Crippen LogP contribution in [0.3, 0.4) is 0 Å². The van der Waals surface area contributed by atoms with E-state index < -0.39 is 0 Å². The molecule has 1 heterocycles. The van der Waals surface area contributed by atoms with Crippen molar-refractivity contribution < 1.29 is 19.1 Å². The lowest BCUT2D eigenvalue weighted by Gasteiger charge is -2.20. The van der Waals surface area contributed by atoms with Gasteiger partial charge in [-0.15, -0.1) is 5.10 Å². The molecule has 0 saturated heterocycles. The largest absolute Gasteiger partial charge is 0.490 e. The normalized spacial score (nSPS) is 15.5. The van der Waals surface area contributed by atoms with Gasteiger partial charge in [0.25, 0.3) is 0 Å². The summed E-state index contributed by atoms with van der Waals surface area (Å²) in [5.74, 6) is 1.50. The zero-order chi connectivity index (χ0) is 23.3. The van der Waals surface area contributed by atoms with Gasteiger partial charge in [-0.3, -0.25) is 9.59 Å². The number of amidine groups is 1. The third-order valence-electron chi connectivity index (χ3n) is 4.79. The number of hydrogen-bond acceptors (Lipinski definition) is 6. The van der Waals surface area contributed by atoms with E-state index in [4.69, 9.17) is 9.47 Å². The minimum atomic E-state index is -0.366. The topological polar surface area (TPSA) is 80.2 Å². The lowest BCUT2D eigenvalue weighted by atomic mass is 10.0. The van der Waals surface area contributed by atoms with Gasteiger partial charge in [0.05, 0.1) is 0 Å². The molecule has 0 aliphatic carbocycles. The van der Waals surface area contributed by atoms with Gasteiger partial charge in [-0.2, -0.15) is 0 Å². The molecule has 0 saturated carbocycles. The second-order valence-corrected chi connectivity index (χ2v) is 8.95. The first-order chi connectivity index (χ1) is 15.2. The number of carbonyl (C=O) groups is 2. The average Bonchev–Trinajstić information content (AvgIpc) is 3.15. The van der Waals surface area contributed by atoms with Gasteiger partial charge in [-0.25, -0.2) is 5.01 Å². The molecule has 0 bridgehead atoms. The molecule has 2 aromatic carbocycles. The predicted molar refractivity (Wildman–Crippen MR) is 127 cm³/mol. The van der Waals surface area contributed by atoms with Crippen molar-refractivity contribution in [3.05, 3.63) is 59.2 Å². The highest BCUT2D eigenvalue weighted by Crippen LogP contribution is 2.39. The number of rotatable bonds is 7. The summed E-state index contributed by atoms with van der Waals surface area (Å²) in [5, 5.41) is 8.27. The van der Waals surface area contributed by atoms with Crippen LogP contribution in [0.2, 0.25) is 0 Å². The van der Waals surface area contributed by atoms with E-state index >= 15 is 0 Å². The molecule has 1 aliphatic rings. The van der Waals surface area contributed by atoms with Gasteiger partial charge < -0.3 is 14.8 Å². The Bertz CT molecular complexity index is 1020. The summed E-state index contributed by atoms with van der Waals surface area (Å²) in [6, 6.07) is 13.8. The first-order valence-electron chi connectivity index (χ1n) is 10.5. The zero-order valence-electron chi connectivity index (χ0n) is 19.0. The van der Waals surface area contributed by atoms with Gasteiger partial charge in [0.1, 0.15) is 30.1 Å². The highest BCUT2D eigenvalue weighted by Gasteiger charge is 2.32. The van der Waals surface area contributed by atoms with Gasteiger partial charge in [0.15, 0.2) is 5.17 Å². The van der Waals surface area contributed by atoms with Crippen LogP contribution < -0.4 is 14.8 Å². The lowest BCUT2D eigenvalue weighted by Crippen LogP contribution is -2.25. The lowest BCUT2D eigenvalue weighted by molar-refractivity contribution is -0.129. The van der Waals surface area contributed by atoms with Crippen LogP contribution in [0.5, 0.6) is 11.5 Å². The monoisotopic (exact) mass is 455 g/mol. The number of benzene rings is 2. The maximum atomic E-state index is 12.0. The first-order valence-corrected chi connectivity index (χ1v) is 11.4. The van der Waals surface area contributed by atoms with Gasteiger partial charge in [-0.1, -0.05) is 49.9 Å². The van der Waals surface area contributed by atoms with Crippen LogP contribution in [-0.2, 0) is 9.59 Å². The van der Waals surface area contributed by atoms with E-state index in [1.165, 1.54) is 36.2 Å². The number of nitrogens with zero attached hydrogens (tertiary/aromatic N) is 2.